The molecule has 1 aromatic rings. The van der Waals surface area contributed by atoms with Gasteiger partial charge in [-0.25, -0.2) is 17.5 Å². The number of dihydropyridines is 1. The molecular weight excluding hydrogens is 362 g/mol. The number of sulfonamides is 1. The highest BCUT2D eigenvalue weighted by atomic mass is 32.2. The molecule has 0 radical (unpaired) electrons. The second-order valence-electron chi connectivity index (χ2n) is 6.03. The van der Waals surface area contributed by atoms with Crippen molar-refractivity contribution in [3.8, 4) is 0 Å². The van der Waals surface area contributed by atoms with Crippen LogP contribution in [0.4, 0.5) is 5.69 Å². The van der Waals surface area contributed by atoms with Gasteiger partial charge >= 0.3 is 5.97 Å². The third-order valence-electron chi connectivity index (χ3n) is 4.10. The number of nitrogens with one attached hydrogen (secondary N) is 1. The molecule has 1 heterocycles. The lowest BCUT2D eigenvalue weighted by atomic mass is 9.86. The van der Waals surface area contributed by atoms with E-state index in [-0.39, 0.29) is 33.1 Å². The van der Waals surface area contributed by atoms with Gasteiger partial charge in [-0.1, -0.05) is 12.1 Å². The monoisotopic (exact) mass is 381 g/mol. The van der Waals surface area contributed by atoms with E-state index in [1.807, 2.05) is 0 Å². The highest BCUT2D eigenvalue weighted by Gasteiger charge is 2.40. The summed E-state index contributed by atoms with van der Waals surface area (Å²) in [6.45, 7) is 3.05. The predicted molar refractivity (Wildman–Crippen MR) is 94.6 cm³/mol. The molecule has 140 valence electrons. The minimum atomic E-state index is -3.99. The first-order chi connectivity index (χ1) is 12.0. The van der Waals surface area contributed by atoms with Crippen LogP contribution in [-0.4, -0.2) is 42.8 Å². The first kappa shape index (κ1) is 19.6. The van der Waals surface area contributed by atoms with E-state index in [1.165, 1.54) is 52.2 Å². The molecular formula is C16H19N3O6S. The fourth-order valence-corrected chi connectivity index (χ4v) is 4.32. The van der Waals surface area contributed by atoms with Crippen LogP contribution in [0.5, 0.6) is 0 Å². The summed E-state index contributed by atoms with van der Waals surface area (Å²) in [5, 5.41) is 23.6. The van der Waals surface area contributed by atoms with E-state index in [9.17, 15) is 28.4 Å². The van der Waals surface area contributed by atoms with Gasteiger partial charge in [0.05, 0.1) is 21.3 Å². The van der Waals surface area contributed by atoms with Crippen molar-refractivity contribution in [3.63, 3.8) is 0 Å². The van der Waals surface area contributed by atoms with E-state index >= 15 is 0 Å². The molecule has 0 saturated heterocycles. The van der Waals surface area contributed by atoms with Gasteiger partial charge in [-0.3, -0.25) is 10.1 Å². The largest absolute Gasteiger partial charge is 0.478 e. The van der Waals surface area contributed by atoms with Crippen LogP contribution in [0.1, 0.15) is 25.3 Å². The highest BCUT2D eigenvalue weighted by Crippen LogP contribution is 2.42. The average molecular weight is 381 g/mol. The summed E-state index contributed by atoms with van der Waals surface area (Å²) in [6.07, 6.45) is 0. The fraction of sp³-hybridized carbons (Fsp3) is 0.312. The van der Waals surface area contributed by atoms with E-state index in [0.29, 0.717) is 0 Å². The van der Waals surface area contributed by atoms with E-state index in [1.54, 1.807) is 0 Å². The normalized spacial score (nSPS) is 18.1. The van der Waals surface area contributed by atoms with Crippen LogP contribution in [0, 0.1) is 10.1 Å². The van der Waals surface area contributed by atoms with Gasteiger partial charge in [0, 0.05) is 37.6 Å². The number of carbonyl (C=O) groups is 1. The van der Waals surface area contributed by atoms with E-state index < -0.39 is 26.8 Å². The fourth-order valence-electron chi connectivity index (χ4n) is 2.93. The molecule has 0 fully saturated rings. The number of hydrogen-bond donors (Lipinski definition) is 2. The number of nitro benzene ring substituents is 1. The molecule has 0 saturated carbocycles. The second-order valence-corrected chi connectivity index (χ2v) is 8.15. The summed E-state index contributed by atoms with van der Waals surface area (Å²) >= 11 is 0. The Hall–Kier alpha value is -2.72. The van der Waals surface area contributed by atoms with Gasteiger partial charge in [-0.05, 0) is 19.4 Å². The molecule has 26 heavy (non-hydrogen) atoms. The quantitative estimate of drug-likeness (QED) is 0.587. The van der Waals surface area contributed by atoms with Crippen LogP contribution in [0.15, 0.2) is 46.1 Å². The summed E-state index contributed by atoms with van der Waals surface area (Å²) < 4.78 is 26.7. The van der Waals surface area contributed by atoms with Crippen molar-refractivity contribution in [3.05, 3.63) is 61.8 Å². The van der Waals surface area contributed by atoms with Gasteiger partial charge < -0.3 is 10.4 Å². The zero-order valence-corrected chi connectivity index (χ0v) is 15.5. The summed E-state index contributed by atoms with van der Waals surface area (Å²) in [5.41, 5.74) is 0.360. The number of carboxylic acids is 1. The first-order valence-electron chi connectivity index (χ1n) is 7.57. The molecule has 9 nitrogen and oxygen atoms in total. The zero-order chi connectivity index (χ0) is 19.8. The molecule has 2 N–H and O–H groups in total. The Morgan fingerprint density at radius 2 is 1.88 bits per heavy atom. The van der Waals surface area contributed by atoms with Gasteiger partial charge in [0.25, 0.3) is 5.69 Å². The Balaban J connectivity index is 2.83. The molecule has 0 aromatic heterocycles. The standard InChI is InChI=1S/C16H19N3O6S/c1-9-13(16(20)21)14(11-6-5-7-12(8-11)19(22)23)15(10(2)17-9)26(24,25)18(3)4/h5-8,14,17H,1-4H3,(H,20,21). The third-order valence-corrected chi connectivity index (χ3v) is 6.16. The number of rotatable bonds is 5. The van der Waals surface area contributed by atoms with Crippen LogP contribution in [0.25, 0.3) is 0 Å². The minimum Gasteiger partial charge on any atom is -0.478 e. The maximum absolute atomic E-state index is 12.9. The summed E-state index contributed by atoms with van der Waals surface area (Å²) in [5.74, 6) is -2.47. The number of non-ortho nitro benzene ring substituents is 1. The lowest BCUT2D eigenvalue weighted by Crippen LogP contribution is -2.35. The van der Waals surface area contributed by atoms with Crippen molar-refractivity contribution < 1.29 is 23.2 Å². The summed E-state index contributed by atoms with van der Waals surface area (Å²) in [7, 11) is -1.31. The summed E-state index contributed by atoms with van der Waals surface area (Å²) in [6, 6.07) is 5.35. The number of hydrogen-bond acceptors (Lipinski definition) is 6. The van der Waals surface area contributed by atoms with Crippen LogP contribution >= 0.6 is 0 Å². The molecule has 1 atom stereocenters. The van der Waals surface area contributed by atoms with E-state index in [4.69, 9.17) is 0 Å². The van der Waals surface area contributed by atoms with Gasteiger partial charge in [0.2, 0.25) is 10.0 Å². The SMILES string of the molecule is CC1=C(C(=O)O)C(c2cccc([N+](=O)[O-])c2)C(S(=O)(=O)N(C)C)=C(C)N1. The number of nitro groups is 1. The molecule has 1 aliphatic heterocycles. The van der Waals surface area contributed by atoms with Crippen LogP contribution in [-0.2, 0) is 14.8 Å². The van der Waals surface area contributed by atoms with Crippen molar-refractivity contribution in [1.29, 1.82) is 0 Å². The predicted octanol–water partition coefficient (Wildman–Crippen LogP) is 1.76. The van der Waals surface area contributed by atoms with Crippen LogP contribution in [0.2, 0.25) is 0 Å². The first-order valence-corrected chi connectivity index (χ1v) is 9.01. The molecule has 1 unspecified atom stereocenters. The molecule has 2 rings (SSSR count). The van der Waals surface area contributed by atoms with Crippen molar-refractivity contribution in [2.45, 2.75) is 19.8 Å². The molecule has 0 spiro atoms. The van der Waals surface area contributed by atoms with Gasteiger partial charge in [-0.2, -0.15) is 0 Å². The zero-order valence-electron chi connectivity index (χ0n) is 14.7. The smallest absolute Gasteiger partial charge is 0.334 e. The molecule has 1 aromatic carbocycles. The Morgan fingerprint density at radius 1 is 1.27 bits per heavy atom. The average Bonchev–Trinajstić information content (AvgIpc) is 2.53. The Bertz CT molecular complexity index is 946. The van der Waals surface area contributed by atoms with Crippen molar-refractivity contribution >= 4 is 21.7 Å². The minimum absolute atomic E-state index is 0.147. The number of nitrogens with zero attached hydrogens (tertiary/aromatic N) is 2. The number of allylic oxidation sites excluding steroid dienone is 3. The Labute approximate surface area is 150 Å². The Morgan fingerprint density at radius 3 is 2.38 bits per heavy atom. The van der Waals surface area contributed by atoms with E-state index in [0.717, 1.165) is 4.31 Å². The number of carboxylic acid groups (broad SMARTS) is 1. The molecule has 1 aliphatic rings. The molecule has 0 amide bonds. The highest BCUT2D eigenvalue weighted by molar-refractivity contribution is 7.93. The van der Waals surface area contributed by atoms with Crippen molar-refractivity contribution in [2.75, 3.05) is 14.1 Å². The maximum Gasteiger partial charge on any atom is 0.334 e. The van der Waals surface area contributed by atoms with Crippen molar-refractivity contribution in [1.82, 2.24) is 9.62 Å². The van der Waals surface area contributed by atoms with E-state index in [2.05, 4.69) is 5.32 Å². The van der Waals surface area contributed by atoms with Crippen molar-refractivity contribution in [2.24, 2.45) is 0 Å². The van der Waals surface area contributed by atoms with Gasteiger partial charge in [0.1, 0.15) is 0 Å². The summed E-state index contributed by atoms with van der Waals surface area (Å²) in [4.78, 5) is 22.2. The maximum atomic E-state index is 12.9. The second kappa shape index (κ2) is 6.89. The number of benzene rings is 1. The molecule has 0 bridgehead atoms. The van der Waals surface area contributed by atoms with Gasteiger partial charge in [0.15, 0.2) is 0 Å². The molecule has 0 aliphatic carbocycles. The third kappa shape index (κ3) is 3.33. The van der Waals surface area contributed by atoms with Crippen LogP contribution in [0.3, 0.4) is 0 Å². The van der Waals surface area contributed by atoms with Crippen LogP contribution < -0.4 is 5.32 Å². The lowest BCUT2D eigenvalue weighted by Gasteiger charge is -2.31. The van der Waals surface area contributed by atoms with Gasteiger partial charge in [-0.15, -0.1) is 0 Å². The topological polar surface area (TPSA) is 130 Å². The molecule has 10 heteroatoms. The lowest BCUT2D eigenvalue weighted by molar-refractivity contribution is -0.384. The number of aliphatic carboxylic acids is 1. The Kier molecular flexibility index (Phi) is 5.19.